The van der Waals surface area contributed by atoms with E-state index < -0.39 is 0 Å². The number of H-pyrrole nitrogens is 1. The van der Waals surface area contributed by atoms with E-state index in [-0.39, 0.29) is 53.9 Å². The summed E-state index contributed by atoms with van der Waals surface area (Å²) in [4.78, 5) is 81.9. The first-order chi connectivity index (χ1) is 34.7. The summed E-state index contributed by atoms with van der Waals surface area (Å²) in [5.41, 5.74) is 7.84. The van der Waals surface area contributed by atoms with Crippen LogP contribution < -0.4 is 36.6 Å². The Balaban J connectivity index is 0.661. The SMILES string of the molecule is C=CC(=O)Nc1cc(-c2cc3c(cn2)CCc2c-3[nH]c3c2C(=O)NCC3)ccc1OCCCNC(=O)CCCC(=O)CCCCOCCOCCOCCCNC(=O)CCCC[C@H]1SC[C@H]2NC(=O)N[C@H]21. The Morgan fingerprint density at radius 3 is 2.30 bits per heavy atom. The molecule has 7 rings (SSSR count). The topological polar surface area (TPSA) is 240 Å². The number of urea groups is 1. The van der Waals surface area contributed by atoms with Crippen molar-refractivity contribution in [1.82, 2.24) is 36.6 Å². The first-order valence-electron chi connectivity index (χ1n) is 25.4. The lowest BCUT2D eigenvalue weighted by molar-refractivity contribution is -0.122. The number of aryl methyl sites for hydroxylation is 1. The molecule has 0 saturated carbocycles. The number of unbranched alkanes of at least 4 members (excludes halogenated alkanes) is 2. The molecule has 2 fully saturated rings. The molecule has 0 bridgehead atoms. The maximum absolute atomic E-state index is 12.7. The highest BCUT2D eigenvalue weighted by Gasteiger charge is 2.42. The van der Waals surface area contributed by atoms with Gasteiger partial charge in [-0.05, 0) is 99.3 Å². The van der Waals surface area contributed by atoms with E-state index in [1.165, 1.54) is 6.08 Å². The predicted octanol–water partition coefficient (Wildman–Crippen LogP) is 5.33. The van der Waals surface area contributed by atoms with Crippen molar-refractivity contribution in [2.75, 3.05) is 77.0 Å². The lowest BCUT2D eigenvalue weighted by atomic mass is 9.88. The molecule has 7 N–H and O–H groups in total. The number of hydrogen-bond acceptors (Lipinski definition) is 12. The molecular weight excluding hydrogens is 929 g/mol. The maximum Gasteiger partial charge on any atom is 0.315 e. The Morgan fingerprint density at radius 2 is 1.51 bits per heavy atom. The molecule has 71 heavy (non-hydrogen) atoms. The van der Waals surface area contributed by atoms with Gasteiger partial charge in [-0.1, -0.05) is 13.0 Å². The van der Waals surface area contributed by atoms with E-state index in [2.05, 4.69) is 43.5 Å². The van der Waals surface area contributed by atoms with E-state index in [0.717, 1.165) is 103 Å². The smallest absolute Gasteiger partial charge is 0.315 e. The van der Waals surface area contributed by atoms with Crippen molar-refractivity contribution < 1.29 is 47.7 Å². The molecule has 2 aromatic heterocycles. The van der Waals surface area contributed by atoms with Crippen LogP contribution >= 0.6 is 11.8 Å². The van der Waals surface area contributed by atoms with Gasteiger partial charge in [0.05, 0.1) is 67.8 Å². The van der Waals surface area contributed by atoms with Crippen LogP contribution in [-0.2, 0) is 52.7 Å². The van der Waals surface area contributed by atoms with E-state index in [1.54, 1.807) is 6.07 Å². The molecule has 0 spiro atoms. The van der Waals surface area contributed by atoms with Gasteiger partial charge < -0.3 is 55.8 Å². The zero-order valence-electron chi connectivity index (χ0n) is 40.7. The number of benzene rings is 1. The van der Waals surface area contributed by atoms with Crippen LogP contribution in [0.25, 0.3) is 22.5 Å². The van der Waals surface area contributed by atoms with Gasteiger partial charge in [-0.15, -0.1) is 0 Å². The molecule has 18 nitrogen and oxygen atoms in total. The van der Waals surface area contributed by atoms with E-state index in [9.17, 15) is 28.8 Å². The largest absolute Gasteiger partial charge is 0.491 e. The van der Waals surface area contributed by atoms with Crippen LogP contribution in [0.1, 0.15) is 104 Å². The first-order valence-corrected chi connectivity index (χ1v) is 26.4. The lowest BCUT2D eigenvalue weighted by Gasteiger charge is -2.19. The number of fused-ring (bicyclic) bond motifs is 6. The summed E-state index contributed by atoms with van der Waals surface area (Å²) >= 11 is 1.90. The number of anilines is 1. The predicted molar refractivity (Wildman–Crippen MR) is 272 cm³/mol. The molecule has 3 aromatic rings. The fourth-order valence-corrected chi connectivity index (χ4v) is 10.9. The van der Waals surface area contributed by atoms with Crippen LogP contribution in [0.2, 0.25) is 0 Å². The number of thioether (sulfide) groups is 1. The zero-order chi connectivity index (χ0) is 49.8. The maximum atomic E-state index is 12.7. The molecule has 4 aliphatic rings. The Bertz CT molecular complexity index is 2340. The van der Waals surface area contributed by atoms with Crippen LogP contribution in [-0.4, -0.2) is 134 Å². The van der Waals surface area contributed by atoms with Crippen LogP contribution in [0, 0.1) is 0 Å². The highest BCUT2D eigenvalue weighted by atomic mass is 32.2. The molecule has 6 amide bonds. The quantitative estimate of drug-likeness (QED) is 0.0239. The second-order valence-corrected chi connectivity index (χ2v) is 19.6. The van der Waals surface area contributed by atoms with Gasteiger partial charge in [-0.3, -0.25) is 29.0 Å². The number of Topliss-reactive ketones (excluding diaryl/α,β-unsaturated/α-hetero) is 1. The molecule has 5 heterocycles. The number of hydrogen-bond donors (Lipinski definition) is 7. The number of carbonyl (C=O) groups excluding carboxylic acids is 6. The van der Waals surface area contributed by atoms with Crippen LogP contribution in [0.4, 0.5) is 10.5 Å². The molecule has 19 heteroatoms. The third-order valence-electron chi connectivity index (χ3n) is 13.1. The van der Waals surface area contributed by atoms with Crippen molar-refractivity contribution >= 4 is 52.9 Å². The van der Waals surface area contributed by atoms with Gasteiger partial charge in [0.15, 0.2) is 0 Å². The molecule has 3 aliphatic heterocycles. The number of rotatable bonds is 32. The minimum atomic E-state index is -0.383. The lowest BCUT2D eigenvalue weighted by Crippen LogP contribution is -2.36. The summed E-state index contributed by atoms with van der Waals surface area (Å²) in [5, 5.41) is 18.0. The van der Waals surface area contributed by atoms with Crippen molar-refractivity contribution in [2.45, 2.75) is 114 Å². The summed E-state index contributed by atoms with van der Waals surface area (Å²) in [6.07, 6.45) is 13.1. The van der Waals surface area contributed by atoms with Crippen molar-refractivity contribution in [3.8, 4) is 28.3 Å². The Morgan fingerprint density at radius 1 is 0.789 bits per heavy atom. The van der Waals surface area contributed by atoms with Gasteiger partial charge in [0.25, 0.3) is 5.91 Å². The number of nitrogens with zero attached hydrogens (tertiary/aromatic N) is 1. The Labute approximate surface area is 420 Å². The fourth-order valence-electron chi connectivity index (χ4n) is 9.33. The molecule has 2 saturated heterocycles. The fraction of sp³-hybridized carbons (Fsp3) is 0.558. The summed E-state index contributed by atoms with van der Waals surface area (Å²) in [5.74, 6) is 1.09. The monoisotopic (exact) mass is 998 g/mol. The van der Waals surface area contributed by atoms with Gasteiger partial charge in [0.2, 0.25) is 17.7 Å². The van der Waals surface area contributed by atoms with E-state index in [1.807, 2.05) is 36.2 Å². The molecule has 384 valence electrons. The highest BCUT2D eigenvalue weighted by molar-refractivity contribution is 8.00. The van der Waals surface area contributed by atoms with Gasteiger partial charge in [-0.2, -0.15) is 11.8 Å². The normalized spacial score (nSPS) is 17.4. The molecule has 0 radical (unpaired) electrons. The van der Waals surface area contributed by atoms with Crippen molar-refractivity contribution in [2.24, 2.45) is 0 Å². The van der Waals surface area contributed by atoms with Crippen LogP contribution in [0.15, 0.2) is 43.1 Å². The number of carbonyl (C=O) groups is 6. The highest BCUT2D eigenvalue weighted by Crippen LogP contribution is 2.40. The molecule has 0 unspecified atom stereocenters. The number of ether oxygens (including phenoxy) is 4. The average Bonchev–Trinajstić information content (AvgIpc) is 4.06. The zero-order valence-corrected chi connectivity index (χ0v) is 41.5. The summed E-state index contributed by atoms with van der Waals surface area (Å²) in [7, 11) is 0. The van der Waals surface area contributed by atoms with Gasteiger partial charge in [0.1, 0.15) is 11.5 Å². The average molecular weight is 999 g/mol. The molecular formula is C52H70N8O10S. The minimum absolute atomic E-state index is 0.0272. The molecule has 1 aliphatic carbocycles. The second kappa shape index (κ2) is 27.7. The van der Waals surface area contributed by atoms with Gasteiger partial charge in [0, 0.05) is 99.0 Å². The second-order valence-electron chi connectivity index (χ2n) is 18.3. The van der Waals surface area contributed by atoms with E-state index >= 15 is 0 Å². The van der Waals surface area contributed by atoms with Crippen molar-refractivity contribution in [1.29, 1.82) is 0 Å². The number of amides is 6. The third kappa shape index (κ3) is 15.9. The number of pyridine rings is 1. The summed E-state index contributed by atoms with van der Waals surface area (Å²) < 4.78 is 22.8. The van der Waals surface area contributed by atoms with Gasteiger partial charge >= 0.3 is 6.03 Å². The Hall–Kier alpha value is -5.76. The van der Waals surface area contributed by atoms with E-state index in [4.69, 9.17) is 23.9 Å². The van der Waals surface area contributed by atoms with Crippen molar-refractivity contribution in [3.63, 3.8) is 0 Å². The van der Waals surface area contributed by atoms with Crippen molar-refractivity contribution in [3.05, 3.63) is 65.5 Å². The standard InChI is InChI=1S/C52H70N8O10S/c1-2-45(62)57-41-30-34(40-31-38-35(32-56-40)15-17-37-48-39(58-49(37)38)19-22-55-51(48)65)16-18-43(41)70-25-9-21-54-47(64)14-7-11-36(61)10-5-6-23-67-26-28-69-29-27-68-24-8-20-53-46(63)13-4-3-12-44-50-42(33-71-44)59-52(66)60-50/h2,16,18,30-32,42,44,50,58H,1,3-15,17,19-29,33H2,(H,53,63)(H,54,64)(H,55,65)(H,57,62)(H2,59,60,66)/t42-,44-,50-/m1/s1. The summed E-state index contributed by atoms with van der Waals surface area (Å²) in [6.45, 7) is 8.43. The van der Waals surface area contributed by atoms with Crippen LogP contribution in [0.5, 0.6) is 5.75 Å². The third-order valence-corrected chi connectivity index (χ3v) is 14.6. The van der Waals surface area contributed by atoms with E-state index in [0.29, 0.717) is 120 Å². The molecule has 1 aromatic carbocycles. The number of ketones is 1. The number of aromatic amines is 1. The first kappa shape index (κ1) is 53.0. The summed E-state index contributed by atoms with van der Waals surface area (Å²) in [6, 6.07) is 7.90. The van der Waals surface area contributed by atoms with Crippen LogP contribution in [0.3, 0.4) is 0 Å². The number of nitrogens with one attached hydrogen (secondary N) is 7. The minimum Gasteiger partial charge on any atom is -0.491 e. The van der Waals surface area contributed by atoms with Gasteiger partial charge in [-0.25, -0.2) is 4.79 Å². The number of aromatic nitrogens is 2. The molecule has 3 atom stereocenters. The Kier molecular flexibility index (Phi) is 20.7.